The van der Waals surface area contributed by atoms with E-state index in [1.54, 1.807) is 18.2 Å². The Morgan fingerprint density at radius 3 is 2.64 bits per heavy atom. The summed E-state index contributed by atoms with van der Waals surface area (Å²) in [6.07, 6.45) is 1.15. The highest BCUT2D eigenvalue weighted by Gasteiger charge is 2.26. The Morgan fingerprint density at radius 1 is 1.28 bits per heavy atom. The summed E-state index contributed by atoms with van der Waals surface area (Å²) < 4.78 is 15.1. The van der Waals surface area contributed by atoms with Crippen LogP contribution in [0, 0.1) is 17.7 Å². The minimum Gasteiger partial charge on any atom is -0.341 e. The number of carbonyl (C=O) groups is 1. The monoisotopic (exact) mass is 363 g/mol. The quantitative estimate of drug-likeness (QED) is 0.667. The second kappa shape index (κ2) is 7.43. The minimum atomic E-state index is -0.412. The zero-order valence-corrected chi connectivity index (χ0v) is 15.2. The molecule has 1 aliphatic heterocycles. The smallest absolute Gasteiger partial charge is 0.233 e. The van der Waals surface area contributed by atoms with Gasteiger partial charge in [0.1, 0.15) is 5.82 Å². The molecule has 0 saturated carbocycles. The first-order valence-corrected chi connectivity index (χ1v) is 9.30. The zero-order valence-electron chi connectivity index (χ0n) is 14.4. The van der Waals surface area contributed by atoms with Crippen molar-refractivity contribution in [1.82, 2.24) is 19.8 Å². The van der Waals surface area contributed by atoms with Gasteiger partial charge in [0.2, 0.25) is 11.1 Å². The predicted octanol–water partition coefficient (Wildman–Crippen LogP) is 2.39. The van der Waals surface area contributed by atoms with Crippen molar-refractivity contribution in [2.75, 3.05) is 24.7 Å². The molecule has 0 aliphatic carbocycles. The molecule has 0 bridgehead atoms. The van der Waals surface area contributed by atoms with Crippen molar-refractivity contribution >= 4 is 17.7 Å². The van der Waals surface area contributed by atoms with Gasteiger partial charge in [-0.05, 0) is 30.4 Å². The lowest BCUT2D eigenvalue weighted by Crippen LogP contribution is -2.43. The van der Waals surface area contributed by atoms with Crippen LogP contribution < -0.4 is 5.84 Å². The SMILES string of the molecule is C[C@H]1C[C@H](C)CN(C(=O)CSc2nnc(-c3ccccc3F)n2N)C1. The van der Waals surface area contributed by atoms with Crippen LogP contribution in [0.5, 0.6) is 0 Å². The number of nitrogens with two attached hydrogens (primary N) is 1. The van der Waals surface area contributed by atoms with Crippen LogP contribution in [0.2, 0.25) is 0 Å². The van der Waals surface area contributed by atoms with Gasteiger partial charge >= 0.3 is 0 Å². The fourth-order valence-electron chi connectivity index (χ4n) is 3.29. The first-order chi connectivity index (χ1) is 12.0. The number of carbonyl (C=O) groups excluding carboxylic acids is 1. The second-order valence-corrected chi connectivity index (χ2v) is 7.63. The van der Waals surface area contributed by atoms with Gasteiger partial charge in [0.15, 0.2) is 5.82 Å². The predicted molar refractivity (Wildman–Crippen MR) is 95.8 cm³/mol. The van der Waals surface area contributed by atoms with Crippen molar-refractivity contribution in [2.24, 2.45) is 11.8 Å². The molecule has 2 aromatic rings. The van der Waals surface area contributed by atoms with Gasteiger partial charge in [0.05, 0.1) is 11.3 Å². The van der Waals surface area contributed by atoms with Crippen LogP contribution >= 0.6 is 11.8 Å². The molecule has 0 unspecified atom stereocenters. The zero-order chi connectivity index (χ0) is 18.0. The molecule has 2 atom stereocenters. The summed E-state index contributed by atoms with van der Waals surface area (Å²) in [7, 11) is 0. The van der Waals surface area contributed by atoms with Crippen LogP contribution in [-0.4, -0.2) is 44.5 Å². The number of amides is 1. The molecule has 1 aromatic heterocycles. The second-order valence-electron chi connectivity index (χ2n) is 6.69. The lowest BCUT2D eigenvalue weighted by Gasteiger charge is -2.34. The van der Waals surface area contributed by atoms with Gasteiger partial charge in [0.25, 0.3) is 0 Å². The number of likely N-dealkylation sites (tertiary alicyclic amines) is 1. The first-order valence-electron chi connectivity index (χ1n) is 8.31. The van der Waals surface area contributed by atoms with Gasteiger partial charge in [-0.1, -0.05) is 37.7 Å². The maximum Gasteiger partial charge on any atom is 0.233 e. The molecular weight excluding hydrogens is 341 g/mol. The largest absolute Gasteiger partial charge is 0.341 e. The fourth-order valence-corrected chi connectivity index (χ4v) is 4.05. The molecule has 2 N–H and O–H groups in total. The van der Waals surface area contributed by atoms with Gasteiger partial charge in [-0.3, -0.25) is 4.79 Å². The topological polar surface area (TPSA) is 77.0 Å². The Hall–Kier alpha value is -2.09. The number of halogens is 1. The van der Waals surface area contributed by atoms with E-state index in [-0.39, 0.29) is 23.0 Å². The average molecular weight is 363 g/mol. The van der Waals surface area contributed by atoms with Crippen molar-refractivity contribution in [3.8, 4) is 11.4 Å². The molecule has 1 amide bonds. The third kappa shape index (κ3) is 3.95. The molecule has 134 valence electrons. The van der Waals surface area contributed by atoms with Crippen molar-refractivity contribution in [3.05, 3.63) is 30.1 Å². The Kier molecular flexibility index (Phi) is 5.27. The van der Waals surface area contributed by atoms with Gasteiger partial charge in [0, 0.05) is 13.1 Å². The number of aromatic nitrogens is 3. The minimum absolute atomic E-state index is 0.0684. The van der Waals surface area contributed by atoms with Gasteiger partial charge < -0.3 is 10.7 Å². The molecule has 0 spiro atoms. The lowest BCUT2D eigenvalue weighted by molar-refractivity contribution is -0.130. The molecule has 8 heteroatoms. The fraction of sp³-hybridized carbons (Fsp3) is 0.471. The number of rotatable bonds is 4. The number of nitrogen functional groups attached to an aromatic ring is 1. The van der Waals surface area contributed by atoms with Crippen LogP contribution in [-0.2, 0) is 4.79 Å². The normalized spacial score (nSPS) is 20.7. The third-order valence-electron chi connectivity index (χ3n) is 4.33. The summed E-state index contributed by atoms with van der Waals surface area (Å²) in [5, 5.41) is 8.35. The van der Waals surface area contributed by atoms with Crippen molar-refractivity contribution in [2.45, 2.75) is 25.4 Å². The van der Waals surface area contributed by atoms with E-state index in [9.17, 15) is 9.18 Å². The summed E-state index contributed by atoms with van der Waals surface area (Å²) >= 11 is 1.22. The van der Waals surface area contributed by atoms with E-state index in [4.69, 9.17) is 5.84 Å². The number of hydrogen-bond donors (Lipinski definition) is 1. The molecule has 1 saturated heterocycles. The van der Waals surface area contributed by atoms with E-state index in [1.807, 2.05) is 4.90 Å². The standard InChI is InChI=1S/C17H22FN5OS/c1-11-7-12(2)9-22(8-11)15(24)10-25-17-21-20-16(23(17)19)13-5-3-4-6-14(13)18/h3-6,11-12H,7-10,19H2,1-2H3/t11-,12-/m0/s1. The molecule has 6 nitrogen and oxygen atoms in total. The molecule has 1 aromatic carbocycles. The summed E-state index contributed by atoms with van der Waals surface area (Å²) in [4.78, 5) is 14.4. The number of benzene rings is 1. The van der Waals surface area contributed by atoms with E-state index in [0.717, 1.165) is 19.5 Å². The average Bonchev–Trinajstić information content (AvgIpc) is 2.93. The van der Waals surface area contributed by atoms with Crippen molar-refractivity contribution in [1.29, 1.82) is 0 Å². The molecule has 3 rings (SSSR count). The number of nitrogens with zero attached hydrogens (tertiary/aromatic N) is 4. The van der Waals surface area contributed by atoms with Crippen molar-refractivity contribution < 1.29 is 9.18 Å². The third-order valence-corrected chi connectivity index (χ3v) is 5.25. The number of thioether (sulfide) groups is 1. The van der Waals surface area contributed by atoms with E-state index in [1.165, 1.54) is 22.5 Å². The molecular formula is C17H22FN5OS. The van der Waals surface area contributed by atoms with Crippen LogP contribution in [0.25, 0.3) is 11.4 Å². The summed E-state index contributed by atoms with van der Waals surface area (Å²) in [5.41, 5.74) is 0.286. The number of piperidine rings is 1. The van der Waals surface area contributed by atoms with Crippen LogP contribution in [0.4, 0.5) is 4.39 Å². The van der Waals surface area contributed by atoms with Crippen molar-refractivity contribution in [3.63, 3.8) is 0 Å². The summed E-state index contributed by atoms with van der Waals surface area (Å²) in [6, 6.07) is 6.25. The highest BCUT2D eigenvalue weighted by Crippen LogP contribution is 2.25. The van der Waals surface area contributed by atoms with Gasteiger partial charge in [-0.15, -0.1) is 10.2 Å². The highest BCUT2D eigenvalue weighted by atomic mass is 32.2. The lowest BCUT2D eigenvalue weighted by atomic mass is 9.92. The van der Waals surface area contributed by atoms with Crippen LogP contribution in [0.15, 0.2) is 29.4 Å². The van der Waals surface area contributed by atoms with E-state index >= 15 is 0 Å². The Morgan fingerprint density at radius 2 is 1.96 bits per heavy atom. The molecule has 25 heavy (non-hydrogen) atoms. The van der Waals surface area contributed by atoms with E-state index in [2.05, 4.69) is 24.0 Å². The Balaban J connectivity index is 1.66. The molecule has 0 radical (unpaired) electrons. The first kappa shape index (κ1) is 17.7. The number of hydrogen-bond acceptors (Lipinski definition) is 5. The maximum absolute atomic E-state index is 13.9. The Bertz CT molecular complexity index is 755. The van der Waals surface area contributed by atoms with Crippen LogP contribution in [0.3, 0.4) is 0 Å². The maximum atomic E-state index is 13.9. The van der Waals surface area contributed by atoms with Gasteiger partial charge in [-0.25, -0.2) is 9.07 Å². The Labute approximate surface area is 150 Å². The summed E-state index contributed by atoms with van der Waals surface area (Å²) in [6.45, 7) is 5.92. The summed E-state index contributed by atoms with van der Waals surface area (Å²) in [5.74, 6) is 7.17. The highest BCUT2D eigenvalue weighted by molar-refractivity contribution is 7.99. The van der Waals surface area contributed by atoms with Crippen LogP contribution in [0.1, 0.15) is 20.3 Å². The molecule has 1 aliphatic rings. The van der Waals surface area contributed by atoms with E-state index in [0.29, 0.717) is 17.0 Å². The molecule has 2 heterocycles. The molecule has 1 fully saturated rings. The van der Waals surface area contributed by atoms with Gasteiger partial charge in [-0.2, -0.15) is 0 Å². The van der Waals surface area contributed by atoms with E-state index < -0.39 is 5.82 Å².